The van der Waals surface area contributed by atoms with Gasteiger partial charge in [-0.3, -0.25) is 10.2 Å². The SMILES string of the molecule is Cc1nc(-c2cccc(C(F)(F)F)c2)nc2c1N1CCC[C@@H](C1)N2C(=O)Nc1nccc(OCC2COC(C)(C)O2)n1. The highest BCUT2D eigenvalue weighted by atomic mass is 19.4. The molecule has 1 N–H and O–H groups in total. The van der Waals surface area contributed by atoms with Crippen molar-refractivity contribution in [2.75, 3.05) is 41.4 Å². The molecule has 2 fully saturated rings. The van der Waals surface area contributed by atoms with Crippen LogP contribution in [0.15, 0.2) is 36.5 Å². The van der Waals surface area contributed by atoms with Crippen LogP contribution in [0.3, 0.4) is 0 Å². The molecule has 2 bridgehead atoms. The minimum absolute atomic E-state index is 0.0325. The maximum atomic E-state index is 13.8. The average molecular weight is 586 g/mol. The van der Waals surface area contributed by atoms with E-state index in [1.807, 2.05) is 13.8 Å². The summed E-state index contributed by atoms with van der Waals surface area (Å²) < 4.78 is 57.3. The van der Waals surface area contributed by atoms with E-state index in [2.05, 4.69) is 30.2 Å². The third-order valence-corrected chi connectivity index (χ3v) is 7.35. The van der Waals surface area contributed by atoms with Gasteiger partial charge in [-0.15, -0.1) is 0 Å². The van der Waals surface area contributed by atoms with E-state index in [4.69, 9.17) is 14.2 Å². The molecule has 1 aromatic carbocycles. The van der Waals surface area contributed by atoms with Gasteiger partial charge < -0.3 is 19.1 Å². The van der Waals surface area contributed by atoms with Crippen LogP contribution in [0.2, 0.25) is 0 Å². The molecular formula is C28H30F3N7O4. The van der Waals surface area contributed by atoms with Crippen molar-refractivity contribution < 1.29 is 32.2 Å². The van der Waals surface area contributed by atoms with Gasteiger partial charge in [-0.05, 0) is 45.7 Å². The lowest BCUT2D eigenvalue weighted by molar-refractivity contribution is -0.141. The van der Waals surface area contributed by atoms with Crippen molar-refractivity contribution in [3.05, 3.63) is 47.8 Å². The maximum Gasteiger partial charge on any atom is 0.416 e. The molecule has 0 saturated carbocycles. The Bertz CT molecular complexity index is 1500. The molecule has 2 saturated heterocycles. The fourth-order valence-electron chi connectivity index (χ4n) is 5.52. The molecule has 0 radical (unpaired) electrons. The van der Waals surface area contributed by atoms with Gasteiger partial charge in [0.2, 0.25) is 11.8 Å². The summed E-state index contributed by atoms with van der Waals surface area (Å²) in [5.41, 5.74) is 0.647. The lowest BCUT2D eigenvalue weighted by Gasteiger charge is -2.46. The smallest absolute Gasteiger partial charge is 0.416 e. The van der Waals surface area contributed by atoms with E-state index in [0.717, 1.165) is 31.5 Å². The normalized spacial score (nSPS) is 21.2. The number of piperidine rings is 1. The van der Waals surface area contributed by atoms with Gasteiger partial charge >= 0.3 is 12.2 Å². The van der Waals surface area contributed by atoms with E-state index < -0.39 is 23.6 Å². The topological polar surface area (TPSA) is 115 Å². The predicted octanol–water partition coefficient (Wildman–Crippen LogP) is 4.81. The Morgan fingerprint density at radius 1 is 1.21 bits per heavy atom. The van der Waals surface area contributed by atoms with Crippen LogP contribution in [-0.2, 0) is 15.7 Å². The third kappa shape index (κ3) is 5.68. The number of nitrogens with zero attached hydrogens (tertiary/aromatic N) is 6. The first-order valence-electron chi connectivity index (χ1n) is 13.7. The summed E-state index contributed by atoms with van der Waals surface area (Å²) in [6.45, 7) is 7.36. The summed E-state index contributed by atoms with van der Waals surface area (Å²) in [4.78, 5) is 35.1. The number of hydrogen-bond donors (Lipinski definition) is 1. The number of aryl methyl sites for hydroxylation is 1. The van der Waals surface area contributed by atoms with E-state index in [1.165, 1.54) is 18.3 Å². The molecule has 3 aliphatic rings. The molecule has 1 unspecified atom stereocenters. The number of ether oxygens (including phenoxy) is 3. The van der Waals surface area contributed by atoms with E-state index in [-0.39, 0.29) is 42.0 Å². The van der Waals surface area contributed by atoms with Crippen LogP contribution in [0.25, 0.3) is 11.4 Å². The molecule has 0 spiro atoms. The minimum atomic E-state index is -4.51. The number of carbonyl (C=O) groups is 1. The van der Waals surface area contributed by atoms with Crippen LogP contribution < -0.4 is 19.9 Å². The zero-order valence-electron chi connectivity index (χ0n) is 23.3. The first-order chi connectivity index (χ1) is 20.0. The van der Waals surface area contributed by atoms with Crippen LogP contribution in [0, 0.1) is 6.92 Å². The van der Waals surface area contributed by atoms with Gasteiger partial charge in [-0.1, -0.05) is 12.1 Å². The highest BCUT2D eigenvalue weighted by Crippen LogP contribution is 2.41. The van der Waals surface area contributed by atoms with Gasteiger partial charge in [-0.2, -0.15) is 18.2 Å². The lowest BCUT2D eigenvalue weighted by atomic mass is 9.99. The Morgan fingerprint density at radius 3 is 2.81 bits per heavy atom. The highest BCUT2D eigenvalue weighted by Gasteiger charge is 2.40. The van der Waals surface area contributed by atoms with Crippen molar-refractivity contribution in [3.8, 4) is 17.3 Å². The van der Waals surface area contributed by atoms with Crippen molar-refractivity contribution in [3.63, 3.8) is 0 Å². The maximum absolute atomic E-state index is 13.8. The first kappa shape index (κ1) is 28.1. The largest absolute Gasteiger partial charge is 0.475 e. The molecular weight excluding hydrogens is 555 g/mol. The summed E-state index contributed by atoms with van der Waals surface area (Å²) in [5.74, 6) is 0.0360. The molecule has 42 heavy (non-hydrogen) atoms. The number of fused-ring (bicyclic) bond motifs is 4. The number of urea groups is 1. The van der Waals surface area contributed by atoms with Gasteiger partial charge in [0.1, 0.15) is 18.4 Å². The van der Waals surface area contributed by atoms with Crippen molar-refractivity contribution in [2.24, 2.45) is 0 Å². The molecule has 2 atom stereocenters. The van der Waals surface area contributed by atoms with Crippen molar-refractivity contribution in [1.82, 2.24) is 19.9 Å². The molecule has 2 amide bonds. The molecule has 3 aliphatic heterocycles. The van der Waals surface area contributed by atoms with E-state index >= 15 is 0 Å². The average Bonchev–Trinajstić information content (AvgIpc) is 3.30. The van der Waals surface area contributed by atoms with Gasteiger partial charge in [0.15, 0.2) is 17.4 Å². The summed E-state index contributed by atoms with van der Waals surface area (Å²) in [6.07, 6.45) is -1.72. The molecule has 14 heteroatoms. The van der Waals surface area contributed by atoms with Crippen LogP contribution in [0.4, 0.5) is 35.4 Å². The van der Waals surface area contributed by atoms with E-state index in [9.17, 15) is 18.0 Å². The van der Waals surface area contributed by atoms with Crippen LogP contribution in [0.5, 0.6) is 5.88 Å². The Morgan fingerprint density at radius 2 is 2.05 bits per heavy atom. The third-order valence-electron chi connectivity index (χ3n) is 7.35. The van der Waals surface area contributed by atoms with Crippen molar-refractivity contribution >= 4 is 23.5 Å². The second-order valence-corrected chi connectivity index (χ2v) is 10.9. The van der Waals surface area contributed by atoms with Gasteiger partial charge in [0.25, 0.3) is 0 Å². The Kier molecular flexibility index (Phi) is 7.13. The van der Waals surface area contributed by atoms with Gasteiger partial charge in [0.05, 0.1) is 23.9 Å². The second kappa shape index (κ2) is 10.7. The molecule has 6 rings (SSSR count). The molecule has 3 aromatic rings. The number of anilines is 3. The second-order valence-electron chi connectivity index (χ2n) is 10.9. The number of halogens is 3. The summed E-state index contributed by atoms with van der Waals surface area (Å²) in [5, 5.41) is 2.75. The number of hydrogen-bond acceptors (Lipinski definition) is 9. The Labute approximate surface area is 240 Å². The zero-order chi connectivity index (χ0) is 29.6. The van der Waals surface area contributed by atoms with E-state index in [0.29, 0.717) is 30.4 Å². The molecule has 5 heterocycles. The van der Waals surface area contributed by atoms with Gasteiger partial charge in [0, 0.05) is 30.9 Å². The lowest BCUT2D eigenvalue weighted by Crippen LogP contribution is -2.56. The predicted molar refractivity (Wildman–Crippen MR) is 146 cm³/mol. The summed E-state index contributed by atoms with van der Waals surface area (Å²) in [7, 11) is 0. The van der Waals surface area contributed by atoms with Crippen LogP contribution >= 0.6 is 0 Å². The number of nitrogens with one attached hydrogen (secondary N) is 1. The number of carbonyl (C=O) groups excluding carboxylic acids is 1. The molecule has 11 nitrogen and oxygen atoms in total. The quantitative estimate of drug-likeness (QED) is 0.450. The van der Waals surface area contributed by atoms with Gasteiger partial charge in [-0.25, -0.2) is 19.7 Å². The minimum Gasteiger partial charge on any atom is -0.475 e. The highest BCUT2D eigenvalue weighted by molar-refractivity contribution is 6.04. The number of alkyl halides is 3. The fourth-order valence-corrected chi connectivity index (χ4v) is 5.52. The summed E-state index contributed by atoms with van der Waals surface area (Å²) in [6, 6.07) is 5.70. The van der Waals surface area contributed by atoms with Crippen molar-refractivity contribution in [1.29, 1.82) is 0 Å². The Hall–Kier alpha value is -4.04. The number of amides is 2. The summed E-state index contributed by atoms with van der Waals surface area (Å²) >= 11 is 0. The molecule has 222 valence electrons. The molecule has 0 aliphatic carbocycles. The zero-order valence-corrected chi connectivity index (χ0v) is 23.3. The van der Waals surface area contributed by atoms with Crippen LogP contribution in [0.1, 0.15) is 37.9 Å². The first-order valence-corrected chi connectivity index (χ1v) is 13.7. The fraction of sp³-hybridized carbons (Fsp3) is 0.464. The monoisotopic (exact) mass is 585 g/mol. The number of benzene rings is 1. The molecule has 2 aromatic heterocycles. The number of aromatic nitrogens is 4. The van der Waals surface area contributed by atoms with Crippen molar-refractivity contribution in [2.45, 2.75) is 57.7 Å². The number of rotatable bonds is 5. The standard InChI is InChI=1S/C28H30F3N7O4/c1-16-22-24(35-23(33-16)17-6-4-7-18(12-17)28(29,30)31)38(19-8-5-11-37(22)13-19)26(39)36-25-32-10-9-21(34-25)40-14-20-15-41-27(2,3)42-20/h4,6-7,9-10,12,19-20H,5,8,11,13-15H2,1-3H3,(H,32,34,36,39)/t19-,20?/m0/s1. The van der Waals surface area contributed by atoms with E-state index in [1.54, 1.807) is 17.9 Å². The Balaban J connectivity index is 1.27. The van der Waals surface area contributed by atoms with Crippen LogP contribution in [-0.4, -0.2) is 70.2 Å².